The quantitative estimate of drug-likeness (QED) is 0.533. The number of nitrogens with one attached hydrogen (secondary N) is 2. The zero-order valence-electron chi connectivity index (χ0n) is 8.05. The third kappa shape index (κ3) is 2.48. The number of anilines is 2. The summed E-state index contributed by atoms with van der Waals surface area (Å²) in [5, 5.41) is 10.7. The Morgan fingerprint density at radius 1 is 1.27 bits per heavy atom. The predicted molar refractivity (Wildman–Crippen MR) is 49.9 cm³/mol. The molecule has 0 radical (unpaired) electrons. The molecule has 0 spiro atoms. The maximum absolute atomic E-state index is 10.7. The highest BCUT2D eigenvalue weighted by atomic mass is 16.6. The van der Waals surface area contributed by atoms with Gasteiger partial charge in [0.15, 0.2) is 0 Å². The highest BCUT2D eigenvalue weighted by Crippen LogP contribution is 2.28. The van der Waals surface area contributed by atoms with Crippen LogP contribution in [0.3, 0.4) is 0 Å². The Kier molecular flexibility index (Phi) is 3.71. The Labute approximate surface area is 84.5 Å². The van der Waals surface area contributed by atoms with E-state index in [2.05, 4.69) is 30.6 Å². The summed E-state index contributed by atoms with van der Waals surface area (Å²) in [4.78, 5) is 26.4. The van der Waals surface area contributed by atoms with Crippen LogP contribution in [-0.4, -0.2) is 29.1 Å². The molecule has 2 N–H and O–H groups in total. The zero-order chi connectivity index (χ0) is 11.3. The molecule has 0 aromatic carbocycles. The minimum atomic E-state index is -0.650. The molecule has 0 saturated heterocycles. The van der Waals surface area contributed by atoms with Crippen LogP contribution in [-0.2, 0) is 9.68 Å². The van der Waals surface area contributed by atoms with E-state index in [1.54, 1.807) is 0 Å². The number of rotatable bonds is 5. The molecule has 15 heavy (non-hydrogen) atoms. The van der Waals surface area contributed by atoms with Crippen LogP contribution in [0, 0.1) is 10.1 Å². The van der Waals surface area contributed by atoms with Crippen LogP contribution in [0.1, 0.15) is 0 Å². The maximum atomic E-state index is 10.7. The Bertz CT molecular complexity index is 333. The van der Waals surface area contributed by atoms with Crippen LogP contribution in [0.25, 0.3) is 0 Å². The first kappa shape index (κ1) is 11.1. The van der Waals surface area contributed by atoms with Gasteiger partial charge in [-0.2, -0.15) is 0 Å². The van der Waals surface area contributed by atoms with E-state index in [0.717, 1.165) is 6.33 Å². The molecule has 0 aliphatic carbocycles. The molecule has 9 nitrogen and oxygen atoms in total. The van der Waals surface area contributed by atoms with Crippen LogP contribution in [0.4, 0.5) is 17.3 Å². The first-order valence-corrected chi connectivity index (χ1v) is 3.78. The van der Waals surface area contributed by atoms with Crippen LogP contribution in [0.2, 0.25) is 0 Å². The summed E-state index contributed by atoms with van der Waals surface area (Å²) in [6.07, 6.45) is 1.13. The molecule has 0 aliphatic heterocycles. The fourth-order valence-corrected chi connectivity index (χ4v) is 0.894. The van der Waals surface area contributed by atoms with E-state index < -0.39 is 4.92 Å². The fraction of sp³-hybridized carbons (Fsp3) is 0.333. The molecular weight excluding hydrogens is 206 g/mol. The Balaban J connectivity index is 3.15. The van der Waals surface area contributed by atoms with Gasteiger partial charge in [-0.1, -0.05) is 0 Å². The van der Waals surface area contributed by atoms with E-state index in [-0.39, 0.29) is 17.3 Å². The number of hydrogen-bond donors (Lipinski definition) is 2. The highest BCUT2D eigenvalue weighted by molar-refractivity contribution is 5.67. The molecule has 82 valence electrons. The van der Waals surface area contributed by atoms with Crippen molar-refractivity contribution in [1.29, 1.82) is 0 Å². The second-order valence-corrected chi connectivity index (χ2v) is 2.29. The lowest BCUT2D eigenvalue weighted by molar-refractivity contribution is -0.383. The van der Waals surface area contributed by atoms with E-state index in [1.165, 1.54) is 14.2 Å². The van der Waals surface area contributed by atoms with E-state index in [0.29, 0.717) is 0 Å². The summed E-state index contributed by atoms with van der Waals surface area (Å²) in [5.41, 5.74) is 4.18. The molecule has 0 atom stereocenters. The maximum Gasteiger partial charge on any atom is 0.357 e. The van der Waals surface area contributed by atoms with Gasteiger partial charge in [0.05, 0.1) is 19.1 Å². The summed E-state index contributed by atoms with van der Waals surface area (Å²) < 4.78 is 0. The molecule has 0 bridgehead atoms. The SMILES string of the molecule is CONc1ncnc(NOC)c1[N+](=O)[O-]. The zero-order valence-corrected chi connectivity index (χ0v) is 8.05. The largest absolute Gasteiger partial charge is 0.357 e. The monoisotopic (exact) mass is 215 g/mol. The van der Waals surface area contributed by atoms with Gasteiger partial charge in [0.2, 0.25) is 11.6 Å². The lowest BCUT2D eigenvalue weighted by Crippen LogP contribution is -2.08. The van der Waals surface area contributed by atoms with Gasteiger partial charge in [-0.25, -0.2) is 20.9 Å². The van der Waals surface area contributed by atoms with E-state index in [1.807, 2.05) is 0 Å². The third-order valence-electron chi connectivity index (χ3n) is 1.40. The van der Waals surface area contributed by atoms with Crippen molar-refractivity contribution in [3.05, 3.63) is 16.4 Å². The standard InChI is InChI=1S/C6H9N5O4/c1-14-9-5-4(11(12)13)6(10-15-2)8-3-7-5/h3H,1-2H3,(H2,7,8,9,10). The van der Waals surface area contributed by atoms with Crippen molar-refractivity contribution in [3.63, 3.8) is 0 Å². The fourth-order valence-electron chi connectivity index (χ4n) is 0.894. The summed E-state index contributed by atoms with van der Waals surface area (Å²) >= 11 is 0. The van der Waals surface area contributed by atoms with Crippen molar-refractivity contribution in [2.45, 2.75) is 0 Å². The summed E-state index contributed by atoms with van der Waals surface area (Å²) in [7, 11) is 2.63. The molecule has 0 fully saturated rings. The average molecular weight is 215 g/mol. The number of nitrogens with zero attached hydrogens (tertiary/aromatic N) is 3. The molecule has 1 aromatic heterocycles. The summed E-state index contributed by atoms with van der Waals surface area (Å²) in [6.45, 7) is 0. The van der Waals surface area contributed by atoms with Crippen molar-refractivity contribution < 1.29 is 14.6 Å². The lowest BCUT2D eigenvalue weighted by Gasteiger charge is -2.06. The van der Waals surface area contributed by atoms with Crippen LogP contribution < -0.4 is 11.0 Å². The number of aromatic nitrogens is 2. The lowest BCUT2D eigenvalue weighted by atomic mass is 10.4. The predicted octanol–water partition coefficient (Wildman–Crippen LogP) is 0.331. The van der Waals surface area contributed by atoms with Crippen LogP contribution in [0.5, 0.6) is 0 Å². The van der Waals surface area contributed by atoms with Gasteiger partial charge in [-0.05, 0) is 0 Å². The van der Waals surface area contributed by atoms with Gasteiger partial charge in [0, 0.05) is 0 Å². The van der Waals surface area contributed by atoms with Gasteiger partial charge >= 0.3 is 5.69 Å². The summed E-state index contributed by atoms with van der Waals surface area (Å²) in [6, 6.07) is 0. The van der Waals surface area contributed by atoms with E-state index in [9.17, 15) is 10.1 Å². The first-order chi connectivity index (χ1) is 7.20. The Morgan fingerprint density at radius 2 is 1.73 bits per heavy atom. The van der Waals surface area contributed by atoms with Gasteiger partial charge in [-0.15, -0.1) is 0 Å². The molecule has 1 heterocycles. The van der Waals surface area contributed by atoms with Crippen molar-refractivity contribution in [3.8, 4) is 0 Å². The van der Waals surface area contributed by atoms with Gasteiger partial charge in [-0.3, -0.25) is 19.8 Å². The second kappa shape index (κ2) is 5.02. The first-order valence-electron chi connectivity index (χ1n) is 3.78. The number of hydrogen-bond acceptors (Lipinski definition) is 8. The van der Waals surface area contributed by atoms with E-state index in [4.69, 9.17) is 0 Å². The van der Waals surface area contributed by atoms with Crippen molar-refractivity contribution in [1.82, 2.24) is 9.97 Å². The van der Waals surface area contributed by atoms with Gasteiger partial charge in [0.1, 0.15) is 6.33 Å². The highest BCUT2D eigenvalue weighted by Gasteiger charge is 2.22. The topological polar surface area (TPSA) is 111 Å². The average Bonchev–Trinajstić information content (AvgIpc) is 2.18. The van der Waals surface area contributed by atoms with Gasteiger partial charge in [0.25, 0.3) is 0 Å². The molecular formula is C6H9N5O4. The van der Waals surface area contributed by atoms with Crippen LogP contribution in [0.15, 0.2) is 6.33 Å². The number of nitro groups is 1. The Morgan fingerprint density at radius 3 is 2.07 bits per heavy atom. The minimum Gasteiger partial charge on any atom is -0.278 e. The normalized spacial score (nSPS) is 9.73. The molecule has 1 rings (SSSR count). The minimum absolute atomic E-state index is 0.0583. The molecule has 9 heteroatoms. The van der Waals surface area contributed by atoms with Crippen molar-refractivity contribution in [2.24, 2.45) is 0 Å². The molecule has 0 amide bonds. The molecule has 0 saturated carbocycles. The van der Waals surface area contributed by atoms with E-state index >= 15 is 0 Å². The van der Waals surface area contributed by atoms with Crippen molar-refractivity contribution in [2.75, 3.05) is 25.2 Å². The van der Waals surface area contributed by atoms with Gasteiger partial charge < -0.3 is 0 Å². The van der Waals surface area contributed by atoms with Crippen LogP contribution >= 0.6 is 0 Å². The second-order valence-electron chi connectivity index (χ2n) is 2.29. The van der Waals surface area contributed by atoms with Crippen molar-refractivity contribution >= 4 is 17.3 Å². The smallest absolute Gasteiger partial charge is 0.278 e. The summed E-state index contributed by atoms with van der Waals surface area (Å²) in [5.74, 6) is -0.117. The Hall–Kier alpha value is -2.00. The third-order valence-corrected chi connectivity index (χ3v) is 1.40. The molecule has 0 aliphatic rings. The molecule has 0 unspecified atom stereocenters. The molecule has 1 aromatic rings.